The van der Waals surface area contributed by atoms with E-state index in [-0.39, 0.29) is 5.82 Å². The number of aryl methyl sites for hydroxylation is 1. The Balaban J connectivity index is 1.87. The van der Waals surface area contributed by atoms with Crippen molar-refractivity contribution in [3.05, 3.63) is 53.8 Å². The van der Waals surface area contributed by atoms with Gasteiger partial charge in [-0.15, -0.1) is 0 Å². The van der Waals surface area contributed by atoms with Crippen LogP contribution in [0.1, 0.15) is 51.0 Å². The summed E-state index contributed by atoms with van der Waals surface area (Å²) in [4.78, 5) is 0. The minimum absolute atomic E-state index is 0.196. The lowest BCUT2D eigenvalue weighted by Gasteiger charge is -2.09. The van der Waals surface area contributed by atoms with Crippen LogP contribution in [-0.2, 0) is 0 Å². The number of ether oxygens (including phenoxy) is 1. The van der Waals surface area contributed by atoms with Gasteiger partial charge in [0.05, 0.1) is 6.61 Å². The highest BCUT2D eigenvalue weighted by Gasteiger charge is 2.03. The number of hydrogen-bond acceptors (Lipinski definition) is 1. The standard InChI is InChI=1S/C21H27FO/c1-3-4-5-6-7-8-12-23-21-11-9-10-18(16-21)19-13-17(2)14-20(22)15-19/h9-11,13-16H,3-8,12H2,1-2H3. The van der Waals surface area contributed by atoms with Gasteiger partial charge in [0.2, 0.25) is 0 Å². The maximum atomic E-state index is 13.6. The maximum Gasteiger partial charge on any atom is 0.124 e. The quantitative estimate of drug-likeness (QED) is 0.477. The molecule has 0 heterocycles. The molecule has 0 saturated heterocycles. The van der Waals surface area contributed by atoms with Crippen LogP contribution < -0.4 is 4.74 Å². The Hall–Kier alpha value is -1.83. The fourth-order valence-electron chi connectivity index (χ4n) is 2.74. The first kappa shape index (κ1) is 17.5. The van der Waals surface area contributed by atoms with Crippen molar-refractivity contribution in [1.82, 2.24) is 0 Å². The van der Waals surface area contributed by atoms with Crippen LogP contribution >= 0.6 is 0 Å². The molecule has 2 aromatic rings. The van der Waals surface area contributed by atoms with Crippen LogP contribution in [-0.4, -0.2) is 6.61 Å². The minimum atomic E-state index is -0.196. The highest BCUT2D eigenvalue weighted by Crippen LogP contribution is 2.25. The van der Waals surface area contributed by atoms with Gasteiger partial charge in [0.1, 0.15) is 11.6 Å². The molecule has 0 aliphatic carbocycles. The van der Waals surface area contributed by atoms with Crippen molar-refractivity contribution in [2.24, 2.45) is 0 Å². The van der Waals surface area contributed by atoms with Crippen molar-refractivity contribution in [3.8, 4) is 16.9 Å². The van der Waals surface area contributed by atoms with Crippen LogP contribution in [0.15, 0.2) is 42.5 Å². The molecule has 1 nitrogen and oxygen atoms in total. The predicted octanol–water partition coefficient (Wildman–Crippen LogP) is 6.54. The zero-order valence-electron chi connectivity index (χ0n) is 14.3. The summed E-state index contributed by atoms with van der Waals surface area (Å²) in [7, 11) is 0. The van der Waals surface area contributed by atoms with E-state index in [2.05, 4.69) is 6.92 Å². The maximum absolute atomic E-state index is 13.6. The molecule has 0 aromatic heterocycles. The average Bonchev–Trinajstić information content (AvgIpc) is 2.53. The van der Waals surface area contributed by atoms with E-state index >= 15 is 0 Å². The minimum Gasteiger partial charge on any atom is -0.494 e. The van der Waals surface area contributed by atoms with Gasteiger partial charge in [-0.25, -0.2) is 4.39 Å². The van der Waals surface area contributed by atoms with E-state index in [9.17, 15) is 4.39 Å². The van der Waals surface area contributed by atoms with E-state index in [4.69, 9.17) is 4.74 Å². The molecule has 0 amide bonds. The molecule has 2 rings (SSSR count). The Labute approximate surface area is 139 Å². The van der Waals surface area contributed by atoms with Crippen molar-refractivity contribution in [2.45, 2.75) is 52.4 Å². The van der Waals surface area contributed by atoms with Gasteiger partial charge in [0.25, 0.3) is 0 Å². The fourth-order valence-corrected chi connectivity index (χ4v) is 2.74. The van der Waals surface area contributed by atoms with E-state index in [1.54, 1.807) is 12.1 Å². The number of benzene rings is 2. The van der Waals surface area contributed by atoms with E-state index in [0.717, 1.165) is 35.5 Å². The molecular formula is C21H27FO. The van der Waals surface area contributed by atoms with Crippen LogP contribution in [0.25, 0.3) is 11.1 Å². The second-order valence-electron chi connectivity index (χ2n) is 6.16. The summed E-state index contributed by atoms with van der Waals surface area (Å²) in [5.41, 5.74) is 2.82. The zero-order valence-corrected chi connectivity index (χ0v) is 14.3. The summed E-state index contributed by atoms with van der Waals surface area (Å²) >= 11 is 0. The molecule has 0 N–H and O–H groups in total. The Kier molecular flexibility index (Phi) is 7.12. The Morgan fingerprint density at radius 3 is 2.43 bits per heavy atom. The summed E-state index contributed by atoms with van der Waals surface area (Å²) in [5, 5.41) is 0. The Morgan fingerprint density at radius 1 is 0.870 bits per heavy atom. The van der Waals surface area contributed by atoms with Crippen LogP contribution in [0.2, 0.25) is 0 Å². The molecule has 0 saturated carbocycles. The summed E-state index contributed by atoms with van der Waals surface area (Å²) in [5.74, 6) is 0.663. The second-order valence-corrected chi connectivity index (χ2v) is 6.16. The molecule has 124 valence electrons. The SMILES string of the molecule is CCCCCCCCOc1cccc(-c2cc(C)cc(F)c2)c1. The normalized spacial score (nSPS) is 10.7. The molecule has 2 aromatic carbocycles. The zero-order chi connectivity index (χ0) is 16.5. The van der Waals surface area contributed by atoms with E-state index in [1.807, 2.05) is 37.3 Å². The lowest BCUT2D eigenvalue weighted by atomic mass is 10.0. The monoisotopic (exact) mass is 314 g/mol. The smallest absolute Gasteiger partial charge is 0.124 e. The largest absolute Gasteiger partial charge is 0.494 e. The molecule has 0 aliphatic heterocycles. The number of hydrogen-bond donors (Lipinski definition) is 0. The third-order valence-corrected chi connectivity index (χ3v) is 3.98. The number of rotatable bonds is 9. The van der Waals surface area contributed by atoms with Crippen LogP contribution in [0.5, 0.6) is 5.75 Å². The molecule has 0 fully saturated rings. The second kappa shape index (κ2) is 9.34. The molecule has 0 atom stereocenters. The van der Waals surface area contributed by atoms with E-state index < -0.39 is 0 Å². The van der Waals surface area contributed by atoms with Crippen LogP contribution in [0, 0.1) is 12.7 Å². The van der Waals surface area contributed by atoms with Crippen molar-refractivity contribution >= 4 is 0 Å². The third kappa shape index (κ3) is 6.05. The van der Waals surface area contributed by atoms with Crippen LogP contribution in [0.4, 0.5) is 4.39 Å². The van der Waals surface area contributed by atoms with Gasteiger partial charge in [0, 0.05) is 0 Å². The lowest BCUT2D eigenvalue weighted by molar-refractivity contribution is 0.304. The fraction of sp³-hybridized carbons (Fsp3) is 0.429. The van der Waals surface area contributed by atoms with Gasteiger partial charge < -0.3 is 4.74 Å². The van der Waals surface area contributed by atoms with Gasteiger partial charge in [0.15, 0.2) is 0 Å². The topological polar surface area (TPSA) is 9.23 Å². The van der Waals surface area contributed by atoms with Gasteiger partial charge >= 0.3 is 0 Å². The lowest BCUT2D eigenvalue weighted by Crippen LogP contribution is -1.97. The summed E-state index contributed by atoms with van der Waals surface area (Å²) in [6.45, 7) is 4.89. The van der Waals surface area contributed by atoms with Gasteiger partial charge in [-0.1, -0.05) is 57.2 Å². The first-order valence-electron chi connectivity index (χ1n) is 8.69. The summed E-state index contributed by atoms with van der Waals surface area (Å²) in [6.07, 6.45) is 7.54. The Morgan fingerprint density at radius 2 is 1.65 bits per heavy atom. The molecule has 23 heavy (non-hydrogen) atoms. The average molecular weight is 314 g/mol. The molecule has 0 bridgehead atoms. The van der Waals surface area contributed by atoms with Crippen LogP contribution in [0.3, 0.4) is 0 Å². The molecule has 2 heteroatoms. The molecule has 0 spiro atoms. The first-order valence-corrected chi connectivity index (χ1v) is 8.69. The molecule has 0 aliphatic rings. The van der Waals surface area contributed by atoms with Crippen molar-refractivity contribution in [2.75, 3.05) is 6.61 Å². The van der Waals surface area contributed by atoms with Gasteiger partial charge in [-0.3, -0.25) is 0 Å². The first-order chi connectivity index (χ1) is 11.2. The summed E-state index contributed by atoms with van der Waals surface area (Å²) in [6, 6.07) is 13.0. The van der Waals surface area contributed by atoms with Gasteiger partial charge in [-0.2, -0.15) is 0 Å². The predicted molar refractivity (Wildman–Crippen MR) is 95.4 cm³/mol. The van der Waals surface area contributed by atoms with Crippen molar-refractivity contribution in [3.63, 3.8) is 0 Å². The summed E-state index contributed by atoms with van der Waals surface area (Å²) < 4.78 is 19.4. The van der Waals surface area contributed by atoms with E-state index in [0.29, 0.717) is 0 Å². The van der Waals surface area contributed by atoms with Crippen molar-refractivity contribution < 1.29 is 9.13 Å². The Bertz CT molecular complexity index is 586. The number of unbranched alkanes of at least 4 members (excludes halogenated alkanes) is 5. The highest BCUT2D eigenvalue weighted by molar-refractivity contribution is 5.65. The highest BCUT2D eigenvalue weighted by atomic mass is 19.1. The molecule has 0 radical (unpaired) electrons. The molecule has 0 unspecified atom stereocenters. The van der Waals surface area contributed by atoms with Gasteiger partial charge in [-0.05, 0) is 54.3 Å². The third-order valence-electron chi connectivity index (χ3n) is 3.98. The van der Waals surface area contributed by atoms with Crippen molar-refractivity contribution in [1.29, 1.82) is 0 Å². The molecular weight excluding hydrogens is 287 g/mol. The van der Waals surface area contributed by atoms with E-state index in [1.165, 1.54) is 32.1 Å². The number of halogens is 1.